The molecule has 1 atom stereocenters. The Morgan fingerprint density at radius 2 is 2.12 bits per heavy atom. The van der Waals surface area contributed by atoms with Gasteiger partial charge in [0.05, 0.1) is 7.11 Å². The molecule has 0 radical (unpaired) electrons. The lowest BCUT2D eigenvalue weighted by Crippen LogP contribution is -2.45. The number of methoxy groups -OCH3 is 1. The summed E-state index contributed by atoms with van der Waals surface area (Å²) in [5.74, 6) is 0.819. The molecule has 1 unspecified atom stereocenters. The third-order valence-electron chi connectivity index (χ3n) is 3.08. The number of piperidine rings is 1. The molecule has 1 aliphatic heterocycles. The molecule has 1 aromatic carbocycles. The highest BCUT2D eigenvalue weighted by Crippen LogP contribution is 2.15. The van der Waals surface area contributed by atoms with Crippen LogP contribution >= 0.6 is 0 Å². The summed E-state index contributed by atoms with van der Waals surface area (Å²) in [6.45, 7) is 1.46. The monoisotopic (exact) mass is 234 g/mol. The molecule has 1 aromatic rings. The van der Waals surface area contributed by atoms with Gasteiger partial charge in [0.1, 0.15) is 5.75 Å². The Balaban J connectivity index is 2.07. The van der Waals surface area contributed by atoms with Crippen LogP contribution in [0.4, 0.5) is 0 Å². The summed E-state index contributed by atoms with van der Waals surface area (Å²) in [7, 11) is 1.61. The predicted octanol–water partition coefficient (Wildman–Crippen LogP) is 1.26. The SMILES string of the molecule is COc1ccc(C(=O)N2CCCC(N)C2)cc1. The van der Waals surface area contributed by atoms with Crippen molar-refractivity contribution in [2.45, 2.75) is 18.9 Å². The second kappa shape index (κ2) is 5.19. The number of carbonyl (C=O) groups is 1. The van der Waals surface area contributed by atoms with E-state index in [1.807, 2.05) is 4.90 Å². The lowest BCUT2D eigenvalue weighted by atomic mass is 10.1. The third-order valence-corrected chi connectivity index (χ3v) is 3.08. The van der Waals surface area contributed by atoms with Crippen molar-refractivity contribution in [2.24, 2.45) is 5.73 Å². The van der Waals surface area contributed by atoms with E-state index in [0.717, 1.165) is 25.1 Å². The zero-order valence-corrected chi connectivity index (χ0v) is 10.1. The van der Waals surface area contributed by atoms with Gasteiger partial charge in [0.25, 0.3) is 5.91 Å². The zero-order valence-electron chi connectivity index (χ0n) is 10.1. The van der Waals surface area contributed by atoms with E-state index in [2.05, 4.69) is 0 Å². The Kier molecular flexibility index (Phi) is 3.64. The highest BCUT2D eigenvalue weighted by molar-refractivity contribution is 5.94. The number of nitrogens with two attached hydrogens (primary N) is 1. The Morgan fingerprint density at radius 1 is 1.41 bits per heavy atom. The minimum Gasteiger partial charge on any atom is -0.497 e. The van der Waals surface area contributed by atoms with Crippen molar-refractivity contribution in [3.8, 4) is 5.75 Å². The molecule has 1 saturated heterocycles. The van der Waals surface area contributed by atoms with E-state index >= 15 is 0 Å². The second-order valence-electron chi connectivity index (χ2n) is 4.38. The van der Waals surface area contributed by atoms with E-state index < -0.39 is 0 Å². The summed E-state index contributed by atoms with van der Waals surface area (Å²) in [5.41, 5.74) is 6.57. The Labute approximate surface area is 101 Å². The lowest BCUT2D eigenvalue weighted by molar-refractivity contribution is 0.0709. The molecule has 4 nitrogen and oxygen atoms in total. The minimum atomic E-state index is 0.0582. The molecule has 2 rings (SSSR count). The van der Waals surface area contributed by atoms with E-state index in [1.54, 1.807) is 31.4 Å². The first-order chi connectivity index (χ1) is 8.20. The fourth-order valence-corrected chi connectivity index (χ4v) is 2.11. The second-order valence-corrected chi connectivity index (χ2v) is 4.38. The standard InChI is InChI=1S/C13H18N2O2/c1-17-12-6-4-10(5-7-12)13(16)15-8-2-3-11(14)9-15/h4-7,11H,2-3,8-9,14H2,1H3. The average molecular weight is 234 g/mol. The molecular formula is C13H18N2O2. The number of benzene rings is 1. The van der Waals surface area contributed by atoms with Gasteiger partial charge in [-0.05, 0) is 37.1 Å². The van der Waals surface area contributed by atoms with Crippen molar-refractivity contribution in [3.05, 3.63) is 29.8 Å². The van der Waals surface area contributed by atoms with Gasteiger partial charge in [-0.15, -0.1) is 0 Å². The first-order valence-corrected chi connectivity index (χ1v) is 5.89. The maximum absolute atomic E-state index is 12.2. The number of nitrogens with zero attached hydrogens (tertiary/aromatic N) is 1. The van der Waals surface area contributed by atoms with Gasteiger partial charge in [-0.3, -0.25) is 4.79 Å². The molecule has 1 amide bonds. The number of ether oxygens (including phenoxy) is 1. The van der Waals surface area contributed by atoms with Crippen molar-refractivity contribution >= 4 is 5.91 Å². The lowest BCUT2D eigenvalue weighted by Gasteiger charge is -2.30. The average Bonchev–Trinajstić information content (AvgIpc) is 2.38. The molecule has 1 heterocycles. The smallest absolute Gasteiger partial charge is 0.253 e. The Morgan fingerprint density at radius 3 is 2.71 bits per heavy atom. The van der Waals surface area contributed by atoms with Crippen molar-refractivity contribution < 1.29 is 9.53 Å². The molecule has 0 saturated carbocycles. The predicted molar refractivity (Wildman–Crippen MR) is 66.1 cm³/mol. The summed E-state index contributed by atoms with van der Waals surface area (Å²) in [5, 5.41) is 0. The normalized spacial score (nSPS) is 20.1. The van der Waals surface area contributed by atoms with E-state index in [4.69, 9.17) is 10.5 Å². The van der Waals surface area contributed by atoms with Crippen LogP contribution in [-0.4, -0.2) is 37.0 Å². The fraction of sp³-hybridized carbons (Fsp3) is 0.462. The summed E-state index contributed by atoms with van der Waals surface area (Å²) in [6.07, 6.45) is 2.00. The van der Waals surface area contributed by atoms with Crippen molar-refractivity contribution in [1.29, 1.82) is 0 Å². The number of likely N-dealkylation sites (tertiary alicyclic amines) is 1. The highest BCUT2D eigenvalue weighted by Gasteiger charge is 2.22. The number of amides is 1. The van der Waals surface area contributed by atoms with Gasteiger partial charge in [0.2, 0.25) is 0 Å². The Bertz CT molecular complexity index is 389. The van der Waals surface area contributed by atoms with Crippen LogP contribution in [0.5, 0.6) is 5.75 Å². The van der Waals surface area contributed by atoms with Crippen LogP contribution in [0.2, 0.25) is 0 Å². The summed E-state index contributed by atoms with van der Waals surface area (Å²) >= 11 is 0. The molecule has 0 spiro atoms. The topological polar surface area (TPSA) is 55.6 Å². The molecular weight excluding hydrogens is 216 g/mol. The molecule has 0 aliphatic carbocycles. The fourth-order valence-electron chi connectivity index (χ4n) is 2.11. The summed E-state index contributed by atoms with van der Waals surface area (Å²) < 4.78 is 5.07. The molecule has 92 valence electrons. The molecule has 0 bridgehead atoms. The van der Waals surface area contributed by atoms with Crippen molar-refractivity contribution in [3.63, 3.8) is 0 Å². The molecule has 0 aromatic heterocycles. The van der Waals surface area contributed by atoms with E-state index in [1.165, 1.54) is 0 Å². The summed E-state index contributed by atoms with van der Waals surface area (Å²) in [6, 6.07) is 7.31. The van der Waals surface area contributed by atoms with Crippen LogP contribution in [0, 0.1) is 0 Å². The molecule has 1 fully saturated rings. The highest BCUT2D eigenvalue weighted by atomic mass is 16.5. The number of hydrogen-bond donors (Lipinski definition) is 1. The number of hydrogen-bond acceptors (Lipinski definition) is 3. The molecule has 1 aliphatic rings. The van der Waals surface area contributed by atoms with Gasteiger partial charge in [0, 0.05) is 24.7 Å². The Hall–Kier alpha value is -1.55. The van der Waals surface area contributed by atoms with Crippen LogP contribution in [0.3, 0.4) is 0 Å². The van der Waals surface area contributed by atoms with Gasteiger partial charge >= 0.3 is 0 Å². The molecule has 2 N–H and O–H groups in total. The van der Waals surface area contributed by atoms with Gasteiger partial charge in [-0.1, -0.05) is 0 Å². The van der Waals surface area contributed by atoms with Crippen LogP contribution in [0.1, 0.15) is 23.2 Å². The van der Waals surface area contributed by atoms with Crippen molar-refractivity contribution in [2.75, 3.05) is 20.2 Å². The number of carbonyl (C=O) groups excluding carboxylic acids is 1. The van der Waals surface area contributed by atoms with Crippen LogP contribution in [0.25, 0.3) is 0 Å². The maximum Gasteiger partial charge on any atom is 0.253 e. The summed E-state index contributed by atoms with van der Waals surface area (Å²) in [4.78, 5) is 14.0. The first-order valence-electron chi connectivity index (χ1n) is 5.89. The largest absolute Gasteiger partial charge is 0.497 e. The van der Waals surface area contributed by atoms with Crippen LogP contribution < -0.4 is 10.5 Å². The van der Waals surface area contributed by atoms with Gasteiger partial charge in [0.15, 0.2) is 0 Å². The van der Waals surface area contributed by atoms with Crippen LogP contribution in [-0.2, 0) is 0 Å². The van der Waals surface area contributed by atoms with E-state index in [-0.39, 0.29) is 11.9 Å². The molecule has 4 heteroatoms. The van der Waals surface area contributed by atoms with Crippen molar-refractivity contribution in [1.82, 2.24) is 4.90 Å². The van der Waals surface area contributed by atoms with Crippen LogP contribution in [0.15, 0.2) is 24.3 Å². The van der Waals surface area contributed by atoms with Gasteiger partial charge in [-0.25, -0.2) is 0 Å². The third kappa shape index (κ3) is 2.77. The maximum atomic E-state index is 12.2. The zero-order chi connectivity index (χ0) is 12.3. The number of rotatable bonds is 2. The van der Waals surface area contributed by atoms with Gasteiger partial charge < -0.3 is 15.4 Å². The van der Waals surface area contributed by atoms with Gasteiger partial charge in [-0.2, -0.15) is 0 Å². The first kappa shape index (κ1) is 11.9. The van der Waals surface area contributed by atoms with E-state index in [9.17, 15) is 4.79 Å². The quantitative estimate of drug-likeness (QED) is 0.838. The molecule has 17 heavy (non-hydrogen) atoms. The van der Waals surface area contributed by atoms with E-state index in [0.29, 0.717) is 12.1 Å². The minimum absolute atomic E-state index is 0.0582.